The third kappa shape index (κ3) is 5.17. The number of unbranched alkanes of at least 4 members (excludes halogenated alkanes) is 2. The van der Waals surface area contributed by atoms with Crippen molar-refractivity contribution >= 4 is 23.5 Å². The van der Waals surface area contributed by atoms with Crippen molar-refractivity contribution in [2.45, 2.75) is 64.4 Å². The zero-order valence-electron chi connectivity index (χ0n) is 15.1. The molecule has 130 valence electrons. The molecule has 1 aromatic rings. The van der Waals surface area contributed by atoms with Gasteiger partial charge in [-0.05, 0) is 29.9 Å². The van der Waals surface area contributed by atoms with Crippen molar-refractivity contribution in [1.29, 1.82) is 0 Å². The van der Waals surface area contributed by atoms with Crippen LogP contribution in [-0.4, -0.2) is 22.2 Å². The lowest BCUT2D eigenvalue weighted by Gasteiger charge is -2.40. The highest BCUT2D eigenvalue weighted by molar-refractivity contribution is 8.01. The normalized spacial score (nSPS) is 25.0. The number of rotatable bonds is 8. The summed E-state index contributed by atoms with van der Waals surface area (Å²) in [7, 11) is 0. The molecule has 23 heavy (non-hydrogen) atoms. The summed E-state index contributed by atoms with van der Waals surface area (Å²) < 4.78 is 6.68. The third-order valence-electron chi connectivity index (χ3n) is 4.58. The van der Waals surface area contributed by atoms with Crippen LogP contribution in [0.1, 0.15) is 65.0 Å². The first-order valence-electron chi connectivity index (χ1n) is 8.93. The van der Waals surface area contributed by atoms with Gasteiger partial charge in [0.1, 0.15) is 4.93 Å². The van der Waals surface area contributed by atoms with Gasteiger partial charge in [-0.3, -0.25) is 0 Å². The molecule has 1 fully saturated rings. The Morgan fingerprint density at radius 1 is 1.17 bits per heavy atom. The number of hydrogen-bond donors (Lipinski definition) is 0. The second-order valence-corrected chi connectivity index (χ2v) is 9.91. The van der Waals surface area contributed by atoms with Crippen LogP contribution >= 0.6 is 23.5 Å². The van der Waals surface area contributed by atoms with Gasteiger partial charge in [0.05, 0.1) is 6.10 Å². The van der Waals surface area contributed by atoms with Crippen LogP contribution in [0.25, 0.3) is 0 Å². The molecule has 0 radical (unpaired) electrons. The minimum atomic E-state index is -0.0503. The summed E-state index contributed by atoms with van der Waals surface area (Å²) in [4.78, 5) is -0.0503. The van der Waals surface area contributed by atoms with E-state index < -0.39 is 0 Å². The minimum absolute atomic E-state index is 0.0503. The molecule has 1 nitrogen and oxygen atoms in total. The summed E-state index contributed by atoms with van der Waals surface area (Å²) in [5, 5.41) is 0. The van der Waals surface area contributed by atoms with E-state index in [9.17, 15) is 0 Å². The average Bonchev–Trinajstić information content (AvgIpc) is 2.97. The molecule has 1 aliphatic rings. The van der Waals surface area contributed by atoms with Gasteiger partial charge >= 0.3 is 0 Å². The first kappa shape index (κ1) is 19.2. The Morgan fingerprint density at radius 3 is 2.57 bits per heavy atom. The Labute approximate surface area is 151 Å². The monoisotopic (exact) mass is 352 g/mol. The Hall–Kier alpha value is -0.120. The van der Waals surface area contributed by atoms with E-state index in [-0.39, 0.29) is 16.5 Å². The second-order valence-electron chi connectivity index (χ2n) is 7.40. The lowest BCUT2D eigenvalue weighted by molar-refractivity contribution is -0.0714. The lowest BCUT2D eigenvalue weighted by atomic mass is 9.86. The van der Waals surface area contributed by atoms with Gasteiger partial charge in [-0.25, -0.2) is 0 Å². The molecule has 3 heteroatoms. The van der Waals surface area contributed by atoms with Gasteiger partial charge in [0.2, 0.25) is 0 Å². The number of thioether (sulfide) groups is 2. The predicted octanol–water partition coefficient (Wildman–Crippen LogP) is 6.55. The maximum absolute atomic E-state index is 6.68. The standard InChI is InChI=1S/C20H32OS2/c1-5-6-10-14-22-15-13-20(19(2,3)4)21-18(16-23-20)17-11-8-7-9-12-17/h7-9,11-12,18H,5-6,10,13-16H2,1-4H3. The molecule has 1 heterocycles. The molecule has 1 aliphatic heterocycles. The molecule has 1 aromatic carbocycles. The fourth-order valence-electron chi connectivity index (χ4n) is 3.00. The molecule has 2 rings (SSSR count). The lowest BCUT2D eigenvalue weighted by Crippen LogP contribution is -2.40. The van der Waals surface area contributed by atoms with Gasteiger partial charge in [0.15, 0.2) is 0 Å². The van der Waals surface area contributed by atoms with E-state index in [1.54, 1.807) is 0 Å². The first-order valence-corrected chi connectivity index (χ1v) is 11.1. The van der Waals surface area contributed by atoms with Crippen molar-refractivity contribution in [2.75, 3.05) is 17.3 Å². The summed E-state index contributed by atoms with van der Waals surface area (Å²) in [6.07, 6.45) is 5.40. The van der Waals surface area contributed by atoms with Crippen molar-refractivity contribution in [2.24, 2.45) is 5.41 Å². The Kier molecular flexibility index (Phi) is 7.37. The molecule has 0 aliphatic carbocycles. The molecule has 0 spiro atoms. The molecule has 1 saturated heterocycles. The van der Waals surface area contributed by atoms with Crippen molar-refractivity contribution in [3.05, 3.63) is 35.9 Å². The van der Waals surface area contributed by atoms with E-state index in [0.717, 1.165) is 12.2 Å². The topological polar surface area (TPSA) is 9.23 Å². The number of hydrogen-bond acceptors (Lipinski definition) is 3. The van der Waals surface area contributed by atoms with Crippen LogP contribution in [0.5, 0.6) is 0 Å². The van der Waals surface area contributed by atoms with Gasteiger partial charge < -0.3 is 4.74 Å². The maximum atomic E-state index is 6.68. The molecule has 0 amide bonds. The molecular weight excluding hydrogens is 320 g/mol. The largest absolute Gasteiger partial charge is 0.355 e. The van der Waals surface area contributed by atoms with Crippen molar-refractivity contribution in [3.8, 4) is 0 Å². The summed E-state index contributed by atoms with van der Waals surface area (Å²) in [6, 6.07) is 10.7. The Balaban J connectivity index is 1.93. The molecule has 0 N–H and O–H groups in total. The quantitative estimate of drug-likeness (QED) is 0.491. The van der Waals surface area contributed by atoms with Crippen LogP contribution in [0.3, 0.4) is 0 Å². The van der Waals surface area contributed by atoms with Gasteiger partial charge in [-0.15, -0.1) is 11.8 Å². The summed E-state index contributed by atoms with van der Waals surface area (Å²) in [6.45, 7) is 9.26. The minimum Gasteiger partial charge on any atom is -0.355 e. The van der Waals surface area contributed by atoms with Gasteiger partial charge in [0.25, 0.3) is 0 Å². The summed E-state index contributed by atoms with van der Waals surface area (Å²) in [5.41, 5.74) is 1.48. The Bertz CT molecular complexity index is 454. The van der Waals surface area contributed by atoms with Crippen molar-refractivity contribution < 1.29 is 4.74 Å². The third-order valence-corrected chi connectivity index (χ3v) is 7.50. The van der Waals surface area contributed by atoms with Crippen molar-refractivity contribution in [3.63, 3.8) is 0 Å². The van der Waals surface area contributed by atoms with E-state index in [2.05, 4.69) is 69.8 Å². The zero-order valence-corrected chi connectivity index (χ0v) is 16.8. The van der Waals surface area contributed by atoms with Crippen LogP contribution in [0, 0.1) is 5.41 Å². The highest BCUT2D eigenvalue weighted by Crippen LogP contribution is 2.54. The first-order chi connectivity index (χ1) is 11.0. The van der Waals surface area contributed by atoms with Gasteiger partial charge in [0, 0.05) is 11.2 Å². The van der Waals surface area contributed by atoms with E-state index in [0.29, 0.717) is 0 Å². The molecule has 0 aromatic heterocycles. The maximum Gasteiger partial charge on any atom is 0.120 e. The summed E-state index contributed by atoms with van der Waals surface area (Å²) in [5.74, 6) is 3.57. The van der Waals surface area contributed by atoms with Crippen molar-refractivity contribution in [1.82, 2.24) is 0 Å². The molecule has 0 saturated carbocycles. The fraction of sp³-hybridized carbons (Fsp3) is 0.700. The van der Waals surface area contributed by atoms with E-state index in [4.69, 9.17) is 4.74 Å². The van der Waals surface area contributed by atoms with Crippen LogP contribution in [-0.2, 0) is 4.74 Å². The van der Waals surface area contributed by atoms with Gasteiger partial charge in [-0.1, -0.05) is 70.9 Å². The summed E-state index contributed by atoms with van der Waals surface area (Å²) >= 11 is 4.13. The van der Waals surface area contributed by atoms with Gasteiger partial charge in [-0.2, -0.15) is 11.8 Å². The van der Waals surface area contributed by atoms with Crippen LogP contribution in [0.15, 0.2) is 30.3 Å². The molecule has 0 bridgehead atoms. The van der Waals surface area contributed by atoms with E-state index >= 15 is 0 Å². The number of ether oxygens (including phenoxy) is 1. The SMILES string of the molecule is CCCCCSCCC1(C(C)(C)C)OC(c2ccccc2)CS1. The molecule has 2 atom stereocenters. The fourth-order valence-corrected chi connectivity index (χ4v) is 5.72. The number of benzene rings is 1. The molecular formula is C20H32OS2. The highest BCUT2D eigenvalue weighted by atomic mass is 32.2. The van der Waals surface area contributed by atoms with E-state index in [1.807, 2.05) is 11.8 Å². The highest BCUT2D eigenvalue weighted by Gasteiger charge is 2.49. The van der Waals surface area contributed by atoms with Crippen LogP contribution < -0.4 is 0 Å². The smallest absolute Gasteiger partial charge is 0.120 e. The van der Waals surface area contributed by atoms with Crippen LogP contribution in [0.4, 0.5) is 0 Å². The van der Waals surface area contributed by atoms with E-state index in [1.165, 1.54) is 36.3 Å². The van der Waals surface area contributed by atoms with Crippen LogP contribution in [0.2, 0.25) is 0 Å². The Morgan fingerprint density at radius 2 is 1.91 bits per heavy atom. The second kappa shape index (κ2) is 8.82. The molecule has 2 unspecified atom stereocenters. The predicted molar refractivity (Wildman–Crippen MR) is 106 cm³/mol. The zero-order chi connectivity index (χ0) is 16.8. The average molecular weight is 353 g/mol.